The van der Waals surface area contributed by atoms with Crippen LogP contribution in [0.2, 0.25) is 0 Å². The maximum Gasteiger partial charge on any atom is 0.252 e. The summed E-state index contributed by atoms with van der Waals surface area (Å²) < 4.78 is 6.86. The lowest BCUT2D eigenvalue weighted by molar-refractivity contribution is 0.0930. The van der Waals surface area contributed by atoms with Crippen molar-refractivity contribution in [2.45, 2.75) is 12.5 Å². The number of hydrogen-bond acceptors (Lipinski definition) is 2. The zero-order valence-electron chi connectivity index (χ0n) is 9.88. The van der Waals surface area contributed by atoms with Gasteiger partial charge in [-0.15, -0.1) is 0 Å². The minimum atomic E-state index is -0.0544. The van der Waals surface area contributed by atoms with Gasteiger partial charge in [0.1, 0.15) is 0 Å². The van der Waals surface area contributed by atoms with Gasteiger partial charge in [-0.05, 0) is 47.2 Å². The Bertz CT molecular complexity index is 415. The molecule has 0 fully saturated rings. The van der Waals surface area contributed by atoms with E-state index in [2.05, 4.69) is 59.8 Å². The van der Waals surface area contributed by atoms with Crippen LogP contribution >= 0.6 is 54.5 Å². The zero-order valence-corrected chi connectivity index (χ0v) is 15.2. The highest BCUT2D eigenvalue weighted by Gasteiger charge is 2.15. The third-order valence-corrected chi connectivity index (χ3v) is 4.58. The maximum atomic E-state index is 12.2. The first-order valence-electron chi connectivity index (χ1n) is 5.39. The monoisotopic (exact) mass is 489 g/mol. The lowest BCUT2D eigenvalue weighted by Crippen LogP contribution is -2.37. The predicted molar refractivity (Wildman–Crippen MR) is 88.4 cm³/mol. The van der Waals surface area contributed by atoms with Gasteiger partial charge in [0.25, 0.3) is 5.91 Å². The number of nitrogens with one attached hydrogen (secondary N) is 1. The fraction of sp³-hybridized carbons (Fsp3) is 0.417. The average molecular weight is 491 g/mol. The van der Waals surface area contributed by atoms with E-state index < -0.39 is 0 Å². The number of rotatable bonds is 6. The highest BCUT2D eigenvalue weighted by Crippen LogP contribution is 2.18. The van der Waals surface area contributed by atoms with E-state index in [9.17, 15) is 4.79 Å². The molecule has 1 aromatic rings. The van der Waals surface area contributed by atoms with E-state index in [1.54, 1.807) is 7.11 Å². The lowest BCUT2D eigenvalue weighted by Gasteiger charge is -2.16. The number of methoxy groups -OCH3 is 1. The number of alkyl halides is 1. The van der Waals surface area contributed by atoms with Crippen molar-refractivity contribution in [1.29, 1.82) is 0 Å². The number of hydrogen-bond donors (Lipinski definition) is 1. The molecule has 1 amide bonds. The fourth-order valence-electron chi connectivity index (χ4n) is 1.38. The van der Waals surface area contributed by atoms with Crippen LogP contribution < -0.4 is 5.32 Å². The Morgan fingerprint density at radius 2 is 2.28 bits per heavy atom. The Balaban J connectivity index is 2.71. The molecule has 18 heavy (non-hydrogen) atoms. The van der Waals surface area contributed by atoms with Gasteiger partial charge < -0.3 is 10.1 Å². The number of benzene rings is 1. The fourth-order valence-corrected chi connectivity index (χ4v) is 2.81. The summed E-state index contributed by atoms with van der Waals surface area (Å²) in [5.74, 6) is -0.0544. The third kappa shape index (κ3) is 5.14. The van der Waals surface area contributed by atoms with E-state index in [1.165, 1.54) is 0 Å². The normalized spacial score (nSPS) is 12.2. The molecule has 3 nitrogen and oxygen atoms in total. The van der Waals surface area contributed by atoms with Gasteiger partial charge in [0.2, 0.25) is 0 Å². The molecule has 0 aromatic heterocycles. The van der Waals surface area contributed by atoms with Gasteiger partial charge in [-0.25, -0.2) is 0 Å². The number of amides is 1. The topological polar surface area (TPSA) is 38.3 Å². The maximum absolute atomic E-state index is 12.2. The minimum Gasteiger partial charge on any atom is -0.385 e. The number of carbonyl (C=O) groups is 1. The molecule has 0 aliphatic rings. The van der Waals surface area contributed by atoms with E-state index in [-0.39, 0.29) is 11.9 Å². The number of halogens is 3. The van der Waals surface area contributed by atoms with Gasteiger partial charge in [-0.3, -0.25) is 4.79 Å². The summed E-state index contributed by atoms with van der Waals surface area (Å²) in [4.78, 5) is 12.2. The van der Waals surface area contributed by atoms with E-state index >= 15 is 0 Å². The smallest absolute Gasteiger partial charge is 0.252 e. The van der Waals surface area contributed by atoms with Crippen molar-refractivity contribution >= 4 is 60.4 Å². The SMILES string of the molecule is COCCC(CBr)NC(=O)c1cc(Br)ccc1I. The van der Waals surface area contributed by atoms with E-state index in [0.29, 0.717) is 17.5 Å². The van der Waals surface area contributed by atoms with Crippen molar-refractivity contribution in [1.82, 2.24) is 5.32 Å². The van der Waals surface area contributed by atoms with E-state index in [0.717, 1.165) is 14.5 Å². The first kappa shape index (κ1) is 16.4. The van der Waals surface area contributed by atoms with Gasteiger partial charge in [0.05, 0.1) is 5.56 Å². The highest BCUT2D eigenvalue weighted by molar-refractivity contribution is 14.1. The molecule has 0 heterocycles. The van der Waals surface area contributed by atoms with Crippen molar-refractivity contribution in [3.63, 3.8) is 0 Å². The lowest BCUT2D eigenvalue weighted by atomic mass is 10.2. The van der Waals surface area contributed by atoms with Gasteiger partial charge in [-0.1, -0.05) is 31.9 Å². The van der Waals surface area contributed by atoms with E-state index in [1.807, 2.05) is 18.2 Å². The molecule has 100 valence electrons. The molecule has 1 rings (SSSR count). The Morgan fingerprint density at radius 1 is 1.56 bits per heavy atom. The summed E-state index contributed by atoms with van der Waals surface area (Å²) in [5.41, 5.74) is 0.688. The largest absolute Gasteiger partial charge is 0.385 e. The molecule has 1 unspecified atom stereocenters. The standard InChI is InChI=1S/C12H14Br2INO2/c1-18-5-4-9(7-13)16-12(17)10-6-8(14)2-3-11(10)15/h2-3,6,9H,4-5,7H2,1H3,(H,16,17). The van der Waals surface area contributed by atoms with Crippen molar-refractivity contribution in [3.05, 3.63) is 31.8 Å². The molecule has 1 atom stereocenters. The van der Waals surface area contributed by atoms with Crippen molar-refractivity contribution in [2.75, 3.05) is 19.0 Å². The van der Waals surface area contributed by atoms with Crippen LogP contribution in [0.4, 0.5) is 0 Å². The van der Waals surface area contributed by atoms with Crippen LogP contribution in [0.5, 0.6) is 0 Å². The second-order valence-corrected chi connectivity index (χ2v) is 6.46. The van der Waals surface area contributed by atoms with Gasteiger partial charge in [-0.2, -0.15) is 0 Å². The van der Waals surface area contributed by atoms with Crippen molar-refractivity contribution in [2.24, 2.45) is 0 Å². The van der Waals surface area contributed by atoms with Crippen LogP contribution in [0, 0.1) is 3.57 Å². The van der Waals surface area contributed by atoms with Crippen LogP contribution in [-0.4, -0.2) is 31.0 Å². The average Bonchev–Trinajstić information content (AvgIpc) is 2.37. The molecule has 6 heteroatoms. The van der Waals surface area contributed by atoms with Gasteiger partial charge in [0, 0.05) is 33.1 Å². The zero-order chi connectivity index (χ0) is 13.5. The Labute approximate surface area is 137 Å². The summed E-state index contributed by atoms with van der Waals surface area (Å²) in [5, 5.41) is 3.71. The molecule has 0 aliphatic carbocycles. The Hall–Kier alpha value is 0.340. The van der Waals surface area contributed by atoms with Crippen molar-refractivity contribution in [3.8, 4) is 0 Å². The number of ether oxygens (including phenoxy) is 1. The molecule has 1 N–H and O–H groups in total. The molecular formula is C12H14Br2INO2. The first-order valence-corrected chi connectivity index (χ1v) is 8.38. The summed E-state index contributed by atoms with van der Waals surface area (Å²) in [6, 6.07) is 5.74. The Morgan fingerprint density at radius 3 is 2.89 bits per heavy atom. The molecule has 0 saturated carbocycles. The summed E-state index contributed by atoms with van der Waals surface area (Å²) >= 11 is 8.94. The first-order chi connectivity index (χ1) is 8.58. The molecule has 0 spiro atoms. The molecule has 0 saturated heterocycles. The van der Waals surface area contributed by atoms with Crippen LogP contribution in [0.1, 0.15) is 16.8 Å². The number of carbonyl (C=O) groups excluding carboxylic acids is 1. The molecule has 0 aliphatic heterocycles. The van der Waals surface area contributed by atoms with Crippen LogP contribution in [-0.2, 0) is 4.74 Å². The molecule has 0 bridgehead atoms. The predicted octanol–water partition coefficient (Wildman–Crippen LogP) is 3.58. The third-order valence-electron chi connectivity index (χ3n) is 2.36. The molecule has 1 aromatic carbocycles. The van der Waals surface area contributed by atoms with E-state index in [4.69, 9.17) is 4.74 Å². The van der Waals surface area contributed by atoms with Crippen LogP contribution in [0.3, 0.4) is 0 Å². The highest BCUT2D eigenvalue weighted by atomic mass is 127. The summed E-state index contributed by atoms with van der Waals surface area (Å²) in [6.07, 6.45) is 0.790. The minimum absolute atomic E-state index is 0.0544. The summed E-state index contributed by atoms with van der Waals surface area (Å²) in [7, 11) is 1.66. The molecular weight excluding hydrogens is 477 g/mol. The molecule has 0 radical (unpaired) electrons. The van der Waals surface area contributed by atoms with Crippen LogP contribution in [0.15, 0.2) is 22.7 Å². The quantitative estimate of drug-likeness (QED) is 0.489. The summed E-state index contributed by atoms with van der Waals surface area (Å²) in [6.45, 7) is 0.631. The van der Waals surface area contributed by atoms with Gasteiger partial charge >= 0.3 is 0 Å². The van der Waals surface area contributed by atoms with Crippen molar-refractivity contribution < 1.29 is 9.53 Å². The second-order valence-electron chi connectivity index (χ2n) is 3.73. The Kier molecular flexibility index (Phi) is 7.74. The van der Waals surface area contributed by atoms with Crippen LogP contribution in [0.25, 0.3) is 0 Å². The van der Waals surface area contributed by atoms with Gasteiger partial charge in [0.15, 0.2) is 0 Å². The second kappa shape index (κ2) is 8.50.